The van der Waals surface area contributed by atoms with Gasteiger partial charge in [0.25, 0.3) is 0 Å². The molecule has 0 spiro atoms. The van der Waals surface area contributed by atoms with Crippen LogP contribution in [-0.4, -0.2) is 9.97 Å². The van der Waals surface area contributed by atoms with Gasteiger partial charge in [-0.1, -0.05) is 49.3 Å². The number of benzene rings is 1. The summed E-state index contributed by atoms with van der Waals surface area (Å²) in [5, 5.41) is 0.985. The van der Waals surface area contributed by atoms with Crippen molar-refractivity contribution in [3.8, 4) is 0 Å². The van der Waals surface area contributed by atoms with E-state index in [1.165, 1.54) is 23.7 Å². The SMILES string of the molecule is CC(C)c1ccc(Sc2ncnc(Cl)c2N)cc1. The lowest BCUT2D eigenvalue weighted by Gasteiger charge is -2.07. The van der Waals surface area contributed by atoms with Gasteiger partial charge in [0.05, 0.1) is 0 Å². The molecular formula is C13H14ClN3S. The Labute approximate surface area is 116 Å². The first kappa shape index (κ1) is 13.2. The van der Waals surface area contributed by atoms with Crippen molar-refractivity contribution in [2.24, 2.45) is 0 Å². The Morgan fingerprint density at radius 1 is 1.17 bits per heavy atom. The first-order valence-corrected chi connectivity index (χ1v) is 6.81. The lowest BCUT2D eigenvalue weighted by molar-refractivity contribution is 0.865. The van der Waals surface area contributed by atoms with Crippen molar-refractivity contribution < 1.29 is 0 Å². The quantitative estimate of drug-likeness (QED) is 0.863. The average molecular weight is 280 g/mol. The molecule has 5 heteroatoms. The molecule has 0 unspecified atom stereocenters. The van der Waals surface area contributed by atoms with Crippen molar-refractivity contribution in [2.45, 2.75) is 29.7 Å². The summed E-state index contributed by atoms with van der Waals surface area (Å²) in [5.41, 5.74) is 7.57. The number of nitrogen functional groups attached to an aromatic ring is 1. The van der Waals surface area contributed by atoms with E-state index in [-0.39, 0.29) is 0 Å². The van der Waals surface area contributed by atoms with Gasteiger partial charge >= 0.3 is 0 Å². The first-order valence-electron chi connectivity index (χ1n) is 5.61. The van der Waals surface area contributed by atoms with Crippen molar-refractivity contribution in [1.82, 2.24) is 9.97 Å². The van der Waals surface area contributed by atoms with E-state index in [1.54, 1.807) is 0 Å². The van der Waals surface area contributed by atoms with E-state index in [0.717, 1.165) is 4.90 Å². The Hall–Kier alpha value is -1.26. The normalized spacial score (nSPS) is 10.9. The largest absolute Gasteiger partial charge is 0.394 e. The molecule has 0 atom stereocenters. The van der Waals surface area contributed by atoms with Crippen LogP contribution in [0.25, 0.3) is 0 Å². The summed E-state index contributed by atoms with van der Waals surface area (Å²) in [6, 6.07) is 8.36. The summed E-state index contributed by atoms with van der Waals surface area (Å²) in [5.74, 6) is 0.530. The fourth-order valence-electron chi connectivity index (χ4n) is 1.47. The molecule has 2 rings (SSSR count). The lowest BCUT2D eigenvalue weighted by atomic mass is 10.0. The smallest absolute Gasteiger partial charge is 0.156 e. The second-order valence-corrected chi connectivity index (χ2v) is 5.63. The molecule has 0 aliphatic carbocycles. The molecule has 0 radical (unpaired) electrons. The molecule has 1 aromatic heterocycles. The van der Waals surface area contributed by atoms with Crippen molar-refractivity contribution in [2.75, 3.05) is 5.73 Å². The Morgan fingerprint density at radius 2 is 1.83 bits per heavy atom. The Balaban J connectivity index is 2.21. The number of hydrogen-bond donors (Lipinski definition) is 1. The molecule has 0 amide bonds. The molecule has 0 aliphatic heterocycles. The van der Waals surface area contributed by atoms with Crippen molar-refractivity contribution >= 4 is 29.1 Å². The molecule has 1 heterocycles. The summed E-state index contributed by atoms with van der Waals surface area (Å²) in [7, 11) is 0. The Bertz CT molecular complexity index is 540. The average Bonchev–Trinajstić information content (AvgIpc) is 2.36. The predicted molar refractivity (Wildman–Crippen MR) is 76.1 cm³/mol. The van der Waals surface area contributed by atoms with Crippen molar-refractivity contribution in [1.29, 1.82) is 0 Å². The van der Waals surface area contributed by atoms with Crippen LogP contribution in [-0.2, 0) is 0 Å². The highest BCUT2D eigenvalue weighted by molar-refractivity contribution is 7.99. The van der Waals surface area contributed by atoms with Gasteiger partial charge in [-0.15, -0.1) is 0 Å². The zero-order valence-electron chi connectivity index (χ0n) is 10.2. The van der Waals surface area contributed by atoms with Gasteiger partial charge in [0, 0.05) is 4.90 Å². The van der Waals surface area contributed by atoms with E-state index in [1.807, 2.05) is 0 Å². The van der Waals surface area contributed by atoms with Gasteiger partial charge in [-0.2, -0.15) is 0 Å². The summed E-state index contributed by atoms with van der Waals surface area (Å²) in [6.07, 6.45) is 1.42. The van der Waals surface area contributed by atoms with Crippen LogP contribution in [0.5, 0.6) is 0 Å². The minimum atomic E-state index is 0.298. The second kappa shape index (κ2) is 5.59. The molecule has 94 valence electrons. The first-order chi connectivity index (χ1) is 8.58. The fraction of sp³-hybridized carbons (Fsp3) is 0.231. The predicted octanol–water partition coefficient (Wildman–Crippen LogP) is 3.99. The van der Waals surface area contributed by atoms with Crippen LogP contribution in [0, 0.1) is 0 Å². The molecule has 2 aromatic rings. The van der Waals surface area contributed by atoms with Gasteiger partial charge in [-0.3, -0.25) is 0 Å². The topological polar surface area (TPSA) is 51.8 Å². The van der Waals surface area contributed by atoms with Crippen LogP contribution in [0.3, 0.4) is 0 Å². The summed E-state index contributed by atoms with van der Waals surface area (Å²) < 4.78 is 0. The van der Waals surface area contributed by atoms with Gasteiger partial charge in [-0.25, -0.2) is 9.97 Å². The van der Waals surface area contributed by atoms with E-state index in [9.17, 15) is 0 Å². The van der Waals surface area contributed by atoms with Crippen molar-refractivity contribution in [3.05, 3.63) is 41.3 Å². The summed E-state index contributed by atoms with van der Waals surface area (Å²) in [4.78, 5) is 9.05. The zero-order chi connectivity index (χ0) is 13.1. The third-order valence-electron chi connectivity index (χ3n) is 2.56. The molecule has 2 N–H and O–H groups in total. The van der Waals surface area contributed by atoms with E-state index in [0.29, 0.717) is 21.8 Å². The van der Waals surface area contributed by atoms with Gasteiger partial charge in [0.15, 0.2) is 5.15 Å². The zero-order valence-corrected chi connectivity index (χ0v) is 11.8. The van der Waals surface area contributed by atoms with Crippen LogP contribution >= 0.6 is 23.4 Å². The van der Waals surface area contributed by atoms with Crippen LogP contribution in [0.1, 0.15) is 25.3 Å². The van der Waals surface area contributed by atoms with Crippen LogP contribution in [0.15, 0.2) is 40.5 Å². The number of rotatable bonds is 3. The van der Waals surface area contributed by atoms with Gasteiger partial charge in [0.1, 0.15) is 17.0 Å². The van der Waals surface area contributed by atoms with Crippen LogP contribution in [0.4, 0.5) is 5.69 Å². The molecule has 0 saturated heterocycles. The van der Waals surface area contributed by atoms with Crippen molar-refractivity contribution in [3.63, 3.8) is 0 Å². The van der Waals surface area contributed by atoms with E-state index in [4.69, 9.17) is 17.3 Å². The lowest BCUT2D eigenvalue weighted by Crippen LogP contribution is -1.95. The third kappa shape index (κ3) is 2.94. The minimum absolute atomic E-state index is 0.298. The number of halogens is 1. The summed E-state index contributed by atoms with van der Waals surface area (Å²) >= 11 is 7.35. The maximum Gasteiger partial charge on any atom is 0.156 e. The molecule has 0 fully saturated rings. The molecule has 18 heavy (non-hydrogen) atoms. The Kier molecular flexibility index (Phi) is 4.09. The number of nitrogens with two attached hydrogens (primary N) is 1. The third-order valence-corrected chi connectivity index (χ3v) is 3.89. The van der Waals surface area contributed by atoms with E-state index in [2.05, 4.69) is 48.1 Å². The molecule has 0 saturated carbocycles. The highest BCUT2D eigenvalue weighted by atomic mass is 35.5. The van der Waals surface area contributed by atoms with Gasteiger partial charge in [0.2, 0.25) is 0 Å². The number of nitrogens with zero attached hydrogens (tertiary/aromatic N) is 2. The highest BCUT2D eigenvalue weighted by Crippen LogP contribution is 2.33. The number of hydrogen-bond acceptors (Lipinski definition) is 4. The van der Waals surface area contributed by atoms with Gasteiger partial charge in [-0.05, 0) is 23.6 Å². The summed E-state index contributed by atoms with van der Waals surface area (Å²) in [6.45, 7) is 4.34. The van der Waals surface area contributed by atoms with E-state index >= 15 is 0 Å². The number of aromatic nitrogens is 2. The fourth-order valence-corrected chi connectivity index (χ4v) is 2.46. The van der Waals surface area contributed by atoms with Crippen LogP contribution in [0.2, 0.25) is 5.15 Å². The second-order valence-electron chi connectivity index (χ2n) is 4.21. The van der Waals surface area contributed by atoms with E-state index < -0.39 is 0 Å². The van der Waals surface area contributed by atoms with Crippen LogP contribution < -0.4 is 5.73 Å². The highest BCUT2D eigenvalue weighted by Gasteiger charge is 2.08. The monoisotopic (exact) mass is 279 g/mol. The van der Waals surface area contributed by atoms with Gasteiger partial charge < -0.3 is 5.73 Å². The molecule has 1 aromatic carbocycles. The molecule has 3 nitrogen and oxygen atoms in total. The Morgan fingerprint density at radius 3 is 2.44 bits per heavy atom. The number of anilines is 1. The molecule has 0 bridgehead atoms. The molecule has 0 aliphatic rings. The standard InChI is InChI=1S/C13H14ClN3S/c1-8(2)9-3-5-10(6-4-9)18-13-11(15)12(14)16-7-17-13/h3-8H,15H2,1-2H3. The maximum atomic E-state index is 5.86. The molecular weight excluding hydrogens is 266 g/mol. The minimum Gasteiger partial charge on any atom is -0.394 e. The maximum absolute atomic E-state index is 5.86.